The SMILES string of the molecule is CCC(CC)Sc1cc(-c2ccc(C(C)C)c(C)c2)ccc1C. The Morgan fingerprint density at radius 1 is 0.826 bits per heavy atom. The zero-order chi connectivity index (χ0) is 17.0. The summed E-state index contributed by atoms with van der Waals surface area (Å²) in [4.78, 5) is 1.43. The molecule has 0 aromatic heterocycles. The van der Waals surface area contributed by atoms with Crippen LogP contribution >= 0.6 is 11.8 Å². The molecule has 0 atom stereocenters. The van der Waals surface area contributed by atoms with Gasteiger partial charge in [-0.05, 0) is 66.5 Å². The molecule has 0 radical (unpaired) electrons. The number of hydrogen-bond donors (Lipinski definition) is 0. The average molecular weight is 327 g/mol. The van der Waals surface area contributed by atoms with E-state index in [1.54, 1.807) is 0 Å². The molecule has 0 N–H and O–H groups in total. The molecule has 0 spiro atoms. The van der Waals surface area contributed by atoms with Gasteiger partial charge in [-0.2, -0.15) is 0 Å². The van der Waals surface area contributed by atoms with E-state index in [0.29, 0.717) is 11.2 Å². The Kier molecular flexibility index (Phi) is 6.35. The van der Waals surface area contributed by atoms with Gasteiger partial charge >= 0.3 is 0 Å². The molecule has 0 aliphatic heterocycles. The lowest BCUT2D eigenvalue weighted by Gasteiger charge is -2.16. The maximum Gasteiger partial charge on any atom is 0.0110 e. The van der Waals surface area contributed by atoms with Crippen molar-refractivity contribution in [3.05, 3.63) is 53.1 Å². The Morgan fingerprint density at radius 3 is 2.00 bits per heavy atom. The zero-order valence-electron chi connectivity index (χ0n) is 15.4. The second kappa shape index (κ2) is 8.06. The molecule has 0 saturated carbocycles. The van der Waals surface area contributed by atoms with Crippen molar-refractivity contribution >= 4 is 11.8 Å². The van der Waals surface area contributed by atoms with Crippen LogP contribution < -0.4 is 0 Å². The van der Waals surface area contributed by atoms with Gasteiger partial charge in [0.2, 0.25) is 0 Å². The van der Waals surface area contributed by atoms with E-state index < -0.39 is 0 Å². The van der Waals surface area contributed by atoms with Crippen LogP contribution in [0.5, 0.6) is 0 Å². The quantitative estimate of drug-likeness (QED) is 0.499. The van der Waals surface area contributed by atoms with Crippen molar-refractivity contribution in [1.82, 2.24) is 0 Å². The molecule has 0 fully saturated rings. The van der Waals surface area contributed by atoms with Crippen LogP contribution in [-0.4, -0.2) is 5.25 Å². The van der Waals surface area contributed by atoms with Crippen molar-refractivity contribution in [2.75, 3.05) is 0 Å². The number of aryl methyl sites for hydroxylation is 2. The minimum absolute atomic E-state index is 0.586. The Morgan fingerprint density at radius 2 is 1.43 bits per heavy atom. The Balaban J connectivity index is 2.35. The third-order valence-electron chi connectivity index (χ3n) is 4.62. The highest BCUT2D eigenvalue weighted by Crippen LogP contribution is 2.34. The summed E-state index contributed by atoms with van der Waals surface area (Å²) in [5.41, 5.74) is 6.90. The predicted molar refractivity (Wildman–Crippen MR) is 106 cm³/mol. The van der Waals surface area contributed by atoms with Gasteiger partial charge < -0.3 is 0 Å². The van der Waals surface area contributed by atoms with Crippen LogP contribution in [0, 0.1) is 13.8 Å². The van der Waals surface area contributed by atoms with Crippen LogP contribution in [0.25, 0.3) is 11.1 Å². The molecular formula is C22H30S. The van der Waals surface area contributed by atoms with Crippen molar-refractivity contribution in [3.63, 3.8) is 0 Å². The van der Waals surface area contributed by atoms with Gasteiger partial charge in [0.1, 0.15) is 0 Å². The maximum absolute atomic E-state index is 2.38. The maximum atomic E-state index is 2.38. The Bertz CT molecular complexity index is 651. The fourth-order valence-electron chi connectivity index (χ4n) is 3.04. The molecule has 1 heteroatoms. The monoisotopic (exact) mass is 326 g/mol. The number of benzene rings is 2. The lowest BCUT2D eigenvalue weighted by Crippen LogP contribution is -1.98. The first-order valence-corrected chi connectivity index (χ1v) is 9.72. The van der Waals surface area contributed by atoms with E-state index in [0.717, 1.165) is 0 Å². The summed E-state index contributed by atoms with van der Waals surface area (Å²) in [6.45, 7) is 13.5. The van der Waals surface area contributed by atoms with Crippen LogP contribution in [0.4, 0.5) is 0 Å². The van der Waals surface area contributed by atoms with Crippen LogP contribution in [-0.2, 0) is 0 Å². The van der Waals surface area contributed by atoms with E-state index in [1.807, 2.05) is 11.8 Å². The lowest BCUT2D eigenvalue weighted by atomic mass is 9.94. The number of hydrogen-bond acceptors (Lipinski definition) is 1. The van der Waals surface area contributed by atoms with Crippen molar-refractivity contribution in [1.29, 1.82) is 0 Å². The highest BCUT2D eigenvalue weighted by atomic mass is 32.2. The normalized spacial score (nSPS) is 11.5. The van der Waals surface area contributed by atoms with Crippen LogP contribution in [0.3, 0.4) is 0 Å². The molecule has 2 aromatic rings. The molecule has 0 aliphatic carbocycles. The predicted octanol–water partition coefficient (Wildman–Crippen LogP) is 7.37. The van der Waals surface area contributed by atoms with Gasteiger partial charge in [-0.25, -0.2) is 0 Å². The fraction of sp³-hybridized carbons (Fsp3) is 0.455. The van der Waals surface area contributed by atoms with E-state index in [1.165, 1.54) is 45.6 Å². The van der Waals surface area contributed by atoms with E-state index in [2.05, 4.69) is 77.9 Å². The molecule has 0 heterocycles. The molecule has 0 saturated heterocycles. The average Bonchev–Trinajstić information content (AvgIpc) is 2.53. The van der Waals surface area contributed by atoms with Gasteiger partial charge in [-0.3, -0.25) is 0 Å². The van der Waals surface area contributed by atoms with Crippen molar-refractivity contribution in [2.24, 2.45) is 0 Å². The summed E-state index contributed by atoms with van der Waals surface area (Å²) in [6.07, 6.45) is 2.46. The van der Waals surface area contributed by atoms with Gasteiger partial charge in [0.05, 0.1) is 0 Å². The van der Waals surface area contributed by atoms with Gasteiger partial charge in [-0.1, -0.05) is 58.0 Å². The van der Waals surface area contributed by atoms with Gasteiger partial charge in [0.25, 0.3) is 0 Å². The third-order valence-corrected chi connectivity index (χ3v) is 6.31. The Labute approximate surface area is 146 Å². The first-order valence-electron chi connectivity index (χ1n) is 8.84. The summed E-state index contributed by atoms with van der Waals surface area (Å²) in [5, 5.41) is 0.717. The Hall–Kier alpha value is -1.21. The molecular weight excluding hydrogens is 296 g/mol. The number of thioether (sulfide) groups is 1. The van der Waals surface area contributed by atoms with Gasteiger partial charge in [0, 0.05) is 10.1 Å². The molecule has 0 bridgehead atoms. The van der Waals surface area contributed by atoms with E-state index >= 15 is 0 Å². The highest BCUT2D eigenvalue weighted by molar-refractivity contribution is 8.00. The summed E-state index contributed by atoms with van der Waals surface area (Å²) in [6, 6.07) is 13.8. The summed E-state index contributed by atoms with van der Waals surface area (Å²) in [7, 11) is 0. The van der Waals surface area contributed by atoms with Crippen molar-refractivity contribution in [3.8, 4) is 11.1 Å². The van der Waals surface area contributed by atoms with Crippen LogP contribution in [0.1, 0.15) is 63.1 Å². The smallest absolute Gasteiger partial charge is 0.0110 e. The standard InChI is InChI=1S/C22H30S/c1-7-20(8-2)23-22-14-19(10-9-16(22)5)18-11-12-21(15(3)4)17(6)13-18/h9-15,20H,7-8H2,1-6H3. The second-order valence-corrected chi connectivity index (χ2v) is 8.10. The molecule has 2 rings (SSSR count). The fourth-order valence-corrected chi connectivity index (χ4v) is 4.19. The largest absolute Gasteiger partial charge is 0.122 e. The number of rotatable bonds is 6. The van der Waals surface area contributed by atoms with E-state index in [4.69, 9.17) is 0 Å². The molecule has 0 aliphatic rings. The molecule has 124 valence electrons. The minimum Gasteiger partial charge on any atom is -0.122 e. The zero-order valence-corrected chi connectivity index (χ0v) is 16.3. The van der Waals surface area contributed by atoms with Crippen LogP contribution in [0.2, 0.25) is 0 Å². The first-order chi connectivity index (χ1) is 11.0. The van der Waals surface area contributed by atoms with Crippen molar-refractivity contribution in [2.45, 2.75) is 70.4 Å². The summed E-state index contributed by atoms with van der Waals surface area (Å²) in [5.74, 6) is 0.586. The topological polar surface area (TPSA) is 0 Å². The van der Waals surface area contributed by atoms with Gasteiger partial charge in [-0.15, -0.1) is 11.8 Å². The van der Waals surface area contributed by atoms with E-state index in [9.17, 15) is 0 Å². The highest BCUT2D eigenvalue weighted by Gasteiger charge is 2.10. The first kappa shape index (κ1) is 18.1. The molecule has 0 unspecified atom stereocenters. The third kappa shape index (κ3) is 4.41. The molecule has 0 nitrogen and oxygen atoms in total. The van der Waals surface area contributed by atoms with Crippen LogP contribution in [0.15, 0.2) is 41.3 Å². The molecule has 0 amide bonds. The molecule has 23 heavy (non-hydrogen) atoms. The summed E-state index contributed by atoms with van der Waals surface area (Å²) >= 11 is 2.04. The minimum atomic E-state index is 0.586. The molecule has 2 aromatic carbocycles. The van der Waals surface area contributed by atoms with Gasteiger partial charge in [0.15, 0.2) is 0 Å². The lowest BCUT2D eigenvalue weighted by molar-refractivity contribution is 0.792. The van der Waals surface area contributed by atoms with Crippen molar-refractivity contribution < 1.29 is 0 Å². The summed E-state index contributed by atoms with van der Waals surface area (Å²) < 4.78 is 0. The van der Waals surface area contributed by atoms with E-state index in [-0.39, 0.29) is 0 Å². The second-order valence-electron chi connectivity index (χ2n) is 6.76.